The highest BCUT2D eigenvalue weighted by Crippen LogP contribution is 2.55. The maximum atomic E-state index is 12.7. The van der Waals surface area contributed by atoms with Gasteiger partial charge in [0.1, 0.15) is 17.9 Å². The third-order valence-corrected chi connectivity index (χ3v) is 5.73. The normalized spacial score (nSPS) is 22.8. The van der Waals surface area contributed by atoms with E-state index in [4.69, 9.17) is 21.6 Å². The summed E-state index contributed by atoms with van der Waals surface area (Å²) in [6, 6.07) is 7.04. The lowest BCUT2D eigenvalue weighted by molar-refractivity contribution is -0.172. The SMILES string of the molecule is C=C/C=C\C(=C/C)C(=O)N[C@H]1C(C)(C)[C@H](Oc2ccc(C#N)c(Cl)c2)C1(C)C. The molecule has 1 N–H and O–H groups in total. The number of ether oxygens (including phenoxy) is 1. The van der Waals surface area contributed by atoms with Gasteiger partial charge in [-0.3, -0.25) is 4.79 Å². The summed E-state index contributed by atoms with van der Waals surface area (Å²) in [5.74, 6) is 0.495. The van der Waals surface area contributed by atoms with E-state index in [0.29, 0.717) is 21.9 Å². The highest BCUT2D eigenvalue weighted by molar-refractivity contribution is 6.31. The van der Waals surface area contributed by atoms with E-state index in [-0.39, 0.29) is 28.9 Å². The van der Waals surface area contributed by atoms with E-state index in [1.54, 1.807) is 42.5 Å². The van der Waals surface area contributed by atoms with E-state index in [0.717, 1.165) is 0 Å². The molecule has 0 bridgehead atoms. The van der Waals surface area contributed by atoms with Gasteiger partial charge in [-0.25, -0.2) is 0 Å². The molecule has 2 rings (SSSR count). The number of nitrogens with one attached hydrogen (secondary N) is 1. The lowest BCUT2D eigenvalue weighted by Crippen LogP contribution is -2.74. The van der Waals surface area contributed by atoms with Gasteiger partial charge in [0.2, 0.25) is 0 Å². The van der Waals surface area contributed by atoms with Crippen LogP contribution < -0.4 is 10.1 Å². The first-order chi connectivity index (χ1) is 13.1. The molecule has 1 fully saturated rings. The van der Waals surface area contributed by atoms with Crippen LogP contribution in [0.2, 0.25) is 5.02 Å². The molecule has 1 aromatic carbocycles. The predicted molar refractivity (Wildman–Crippen MR) is 113 cm³/mol. The number of carbonyl (C=O) groups excluding carboxylic acids is 1. The van der Waals surface area contributed by atoms with Gasteiger partial charge in [-0.15, -0.1) is 0 Å². The van der Waals surface area contributed by atoms with Crippen molar-refractivity contribution < 1.29 is 9.53 Å². The van der Waals surface area contributed by atoms with Gasteiger partial charge in [0.25, 0.3) is 5.91 Å². The number of hydrogen-bond donors (Lipinski definition) is 1. The second-order valence-electron chi connectivity index (χ2n) is 8.14. The minimum absolute atomic E-state index is 0.0709. The van der Waals surface area contributed by atoms with Gasteiger partial charge < -0.3 is 10.1 Å². The number of amides is 1. The molecule has 0 radical (unpaired) electrons. The van der Waals surface area contributed by atoms with Crippen LogP contribution in [0.25, 0.3) is 0 Å². The maximum absolute atomic E-state index is 12.7. The minimum atomic E-state index is -0.291. The molecule has 0 saturated heterocycles. The lowest BCUT2D eigenvalue weighted by Gasteiger charge is -2.63. The van der Waals surface area contributed by atoms with Crippen LogP contribution in [0.5, 0.6) is 5.75 Å². The quantitative estimate of drug-likeness (QED) is 0.529. The zero-order valence-electron chi connectivity index (χ0n) is 17.0. The largest absolute Gasteiger partial charge is 0.489 e. The summed E-state index contributed by atoms with van der Waals surface area (Å²) in [6.07, 6.45) is 6.77. The van der Waals surface area contributed by atoms with E-state index in [2.05, 4.69) is 39.6 Å². The van der Waals surface area contributed by atoms with Gasteiger partial charge in [0.05, 0.1) is 10.6 Å². The van der Waals surface area contributed by atoms with Gasteiger partial charge in [0.15, 0.2) is 0 Å². The Balaban J connectivity index is 2.18. The van der Waals surface area contributed by atoms with Crippen molar-refractivity contribution in [3.63, 3.8) is 0 Å². The summed E-state index contributed by atoms with van der Waals surface area (Å²) in [5.41, 5.74) is 0.425. The molecule has 0 heterocycles. The van der Waals surface area contributed by atoms with Crippen LogP contribution in [0.4, 0.5) is 0 Å². The molecule has 0 aromatic heterocycles. The van der Waals surface area contributed by atoms with Gasteiger partial charge in [-0.1, -0.05) is 64.1 Å². The number of benzene rings is 1. The summed E-state index contributed by atoms with van der Waals surface area (Å²) in [6.45, 7) is 13.8. The van der Waals surface area contributed by atoms with E-state index >= 15 is 0 Å². The van der Waals surface area contributed by atoms with Crippen molar-refractivity contribution in [1.82, 2.24) is 5.32 Å². The first-order valence-corrected chi connectivity index (χ1v) is 9.60. The van der Waals surface area contributed by atoms with Crippen molar-refractivity contribution in [2.45, 2.75) is 46.8 Å². The summed E-state index contributed by atoms with van der Waals surface area (Å²) >= 11 is 6.13. The Morgan fingerprint density at radius 2 is 1.96 bits per heavy atom. The monoisotopic (exact) mass is 398 g/mol. The highest BCUT2D eigenvalue weighted by atomic mass is 35.5. The van der Waals surface area contributed by atoms with Crippen LogP contribution in [0.3, 0.4) is 0 Å². The predicted octanol–water partition coefficient (Wildman–Crippen LogP) is 5.20. The van der Waals surface area contributed by atoms with E-state index in [1.807, 2.05) is 13.0 Å². The average molecular weight is 399 g/mol. The number of rotatable bonds is 6. The molecule has 1 saturated carbocycles. The van der Waals surface area contributed by atoms with Crippen molar-refractivity contribution in [2.75, 3.05) is 0 Å². The summed E-state index contributed by atoms with van der Waals surface area (Å²) in [5, 5.41) is 12.5. The zero-order valence-corrected chi connectivity index (χ0v) is 17.8. The van der Waals surface area contributed by atoms with Crippen molar-refractivity contribution in [3.8, 4) is 11.8 Å². The Morgan fingerprint density at radius 1 is 1.32 bits per heavy atom. The van der Waals surface area contributed by atoms with Crippen LogP contribution in [-0.4, -0.2) is 18.1 Å². The van der Waals surface area contributed by atoms with Gasteiger partial charge >= 0.3 is 0 Å². The molecule has 0 spiro atoms. The van der Waals surface area contributed by atoms with Crippen LogP contribution in [0.15, 0.2) is 54.7 Å². The van der Waals surface area contributed by atoms with Crippen molar-refractivity contribution in [3.05, 3.63) is 65.2 Å². The Morgan fingerprint density at radius 3 is 2.46 bits per heavy atom. The molecule has 5 heteroatoms. The first-order valence-electron chi connectivity index (χ1n) is 9.22. The molecule has 1 aliphatic rings. The second kappa shape index (κ2) is 8.24. The van der Waals surface area contributed by atoms with Crippen LogP contribution in [0.1, 0.15) is 40.2 Å². The Labute approximate surface area is 172 Å². The highest BCUT2D eigenvalue weighted by Gasteiger charge is 2.64. The second-order valence-corrected chi connectivity index (χ2v) is 8.55. The molecule has 1 aromatic rings. The fourth-order valence-electron chi connectivity index (χ4n) is 4.28. The Bertz CT molecular complexity index is 859. The molecular weight excluding hydrogens is 372 g/mol. The minimum Gasteiger partial charge on any atom is -0.489 e. The first kappa shape index (κ1) is 21.8. The van der Waals surface area contributed by atoms with E-state index in [1.165, 1.54) is 0 Å². The molecule has 1 amide bonds. The molecular formula is C23H27ClN2O2. The molecule has 148 valence electrons. The van der Waals surface area contributed by atoms with Crippen molar-refractivity contribution in [2.24, 2.45) is 10.8 Å². The molecule has 0 atom stereocenters. The Hall–Kier alpha value is -2.51. The van der Waals surface area contributed by atoms with Crippen molar-refractivity contribution in [1.29, 1.82) is 5.26 Å². The fourth-order valence-corrected chi connectivity index (χ4v) is 4.50. The third-order valence-electron chi connectivity index (χ3n) is 5.41. The molecule has 0 unspecified atom stereocenters. The molecule has 0 aliphatic heterocycles. The Kier molecular flexibility index (Phi) is 6.41. The lowest BCUT2D eigenvalue weighted by atomic mass is 9.49. The number of hydrogen-bond acceptors (Lipinski definition) is 3. The topological polar surface area (TPSA) is 62.1 Å². The van der Waals surface area contributed by atoms with Gasteiger partial charge in [0, 0.05) is 28.5 Å². The van der Waals surface area contributed by atoms with Crippen LogP contribution in [0, 0.1) is 22.2 Å². The summed E-state index contributed by atoms with van der Waals surface area (Å²) in [7, 11) is 0. The van der Waals surface area contributed by atoms with E-state index < -0.39 is 0 Å². The number of allylic oxidation sites excluding steroid dienone is 3. The third kappa shape index (κ3) is 4.00. The zero-order chi connectivity index (χ0) is 21.1. The molecule has 1 aliphatic carbocycles. The molecule has 28 heavy (non-hydrogen) atoms. The van der Waals surface area contributed by atoms with Crippen molar-refractivity contribution >= 4 is 17.5 Å². The van der Waals surface area contributed by atoms with E-state index in [9.17, 15) is 4.79 Å². The number of nitrogens with zero attached hydrogens (tertiary/aromatic N) is 1. The van der Waals surface area contributed by atoms with Crippen LogP contribution in [-0.2, 0) is 4.79 Å². The van der Waals surface area contributed by atoms with Crippen LogP contribution >= 0.6 is 11.6 Å². The maximum Gasteiger partial charge on any atom is 0.251 e. The van der Waals surface area contributed by atoms with Gasteiger partial charge in [-0.2, -0.15) is 5.26 Å². The fraction of sp³-hybridized carbons (Fsp3) is 0.391. The smallest absolute Gasteiger partial charge is 0.251 e. The summed E-state index contributed by atoms with van der Waals surface area (Å²) < 4.78 is 6.24. The average Bonchev–Trinajstić information content (AvgIpc) is 2.64. The number of halogens is 1. The number of carbonyl (C=O) groups is 1. The molecule has 4 nitrogen and oxygen atoms in total. The summed E-state index contributed by atoms with van der Waals surface area (Å²) in [4.78, 5) is 12.7. The number of nitriles is 1. The van der Waals surface area contributed by atoms with Gasteiger partial charge in [-0.05, 0) is 25.1 Å². The standard InChI is InChI=1S/C23H27ClN2O2/c1-7-9-10-15(8-2)19(27)26-20-22(3,4)21(23(20,5)6)28-17-12-11-16(14-25)18(24)13-17/h7-13,20-21H,1H2,2-6H3,(H,26,27)/b10-9-,15-8+/t20-,21-.